The van der Waals surface area contributed by atoms with Gasteiger partial charge in [-0.1, -0.05) is 38.8 Å². The van der Waals surface area contributed by atoms with E-state index in [1.54, 1.807) is 0 Å². The molecule has 1 aliphatic carbocycles. The van der Waals surface area contributed by atoms with Gasteiger partial charge in [0.25, 0.3) is 0 Å². The number of ether oxygens (including phenoxy) is 1. The topological polar surface area (TPSA) is 9.23 Å². The number of hydrogen-bond donors (Lipinski definition) is 0. The predicted octanol–water partition coefficient (Wildman–Crippen LogP) is 3.66. The van der Waals surface area contributed by atoms with Crippen molar-refractivity contribution in [1.29, 1.82) is 0 Å². The maximum absolute atomic E-state index is 5.63. The largest absolute Gasteiger partial charge is 0.362 e. The molecule has 3 atom stereocenters. The lowest BCUT2D eigenvalue weighted by molar-refractivity contribution is -0.0187. The molecular weight excluding hydrogens is 184 g/mol. The van der Waals surface area contributed by atoms with Crippen LogP contribution in [-0.2, 0) is 4.74 Å². The molecule has 0 amide bonds. The summed E-state index contributed by atoms with van der Waals surface area (Å²) in [5.41, 5.74) is 0. The van der Waals surface area contributed by atoms with Gasteiger partial charge in [0.2, 0.25) is 0 Å². The van der Waals surface area contributed by atoms with Crippen LogP contribution in [0.15, 0.2) is 0 Å². The Hall–Kier alpha value is 0.250. The first-order valence-electron chi connectivity index (χ1n) is 5.32. The first-order chi connectivity index (χ1) is 6.15. The molecule has 0 N–H and O–H groups in total. The fourth-order valence-electron chi connectivity index (χ4n) is 2.39. The standard InChI is InChI=1S/C11H21ClO/c1-8(2)10-5-4-9(3)6-11(10)13-7-12/h8-11H,4-7H2,1-3H3/t9-,10+,11+/m1/s1. The number of rotatable bonds is 3. The second kappa shape index (κ2) is 5.21. The molecule has 13 heavy (non-hydrogen) atoms. The first-order valence-corrected chi connectivity index (χ1v) is 5.86. The molecule has 2 heteroatoms. The van der Waals surface area contributed by atoms with Gasteiger partial charge in [-0.05, 0) is 30.6 Å². The molecule has 1 saturated carbocycles. The highest BCUT2D eigenvalue weighted by Crippen LogP contribution is 2.35. The molecule has 0 aromatic carbocycles. The number of alkyl halides is 1. The third-order valence-electron chi connectivity index (χ3n) is 3.24. The normalized spacial score (nSPS) is 35.3. The van der Waals surface area contributed by atoms with E-state index in [4.69, 9.17) is 16.3 Å². The lowest BCUT2D eigenvalue weighted by Crippen LogP contribution is -2.34. The van der Waals surface area contributed by atoms with Crippen LogP contribution < -0.4 is 0 Å². The Morgan fingerprint density at radius 1 is 1.38 bits per heavy atom. The number of halogens is 1. The van der Waals surface area contributed by atoms with Gasteiger partial charge in [0, 0.05) is 0 Å². The van der Waals surface area contributed by atoms with E-state index in [0.29, 0.717) is 12.2 Å². The van der Waals surface area contributed by atoms with Gasteiger partial charge < -0.3 is 4.74 Å². The predicted molar refractivity (Wildman–Crippen MR) is 56.9 cm³/mol. The van der Waals surface area contributed by atoms with E-state index in [1.807, 2.05) is 0 Å². The van der Waals surface area contributed by atoms with Gasteiger partial charge >= 0.3 is 0 Å². The molecule has 0 unspecified atom stereocenters. The molecule has 0 spiro atoms. The summed E-state index contributed by atoms with van der Waals surface area (Å²) in [6.45, 7) is 6.87. The SMILES string of the molecule is CC(C)[C@@H]1CC[C@@H](C)C[C@@H]1OCCl. The van der Waals surface area contributed by atoms with E-state index in [2.05, 4.69) is 20.8 Å². The molecule has 0 aliphatic heterocycles. The Bertz CT molecular complexity index is 147. The third-order valence-corrected chi connectivity index (χ3v) is 3.36. The smallest absolute Gasteiger partial charge is 0.121 e. The first kappa shape index (κ1) is 11.3. The average Bonchev–Trinajstić information content (AvgIpc) is 2.04. The summed E-state index contributed by atoms with van der Waals surface area (Å²) in [4.78, 5) is 0. The van der Waals surface area contributed by atoms with Gasteiger partial charge in [-0.15, -0.1) is 0 Å². The maximum Gasteiger partial charge on any atom is 0.121 e. The van der Waals surface area contributed by atoms with Gasteiger partial charge in [0.1, 0.15) is 6.07 Å². The highest BCUT2D eigenvalue weighted by atomic mass is 35.5. The minimum Gasteiger partial charge on any atom is -0.362 e. The fraction of sp³-hybridized carbons (Fsp3) is 1.00. The lowest BCUT2D eigenvalue weighted by Gasteiger charge is -2.36. The Morgan fingerprint density at radius 3 is 2.62 bits per heavy atom. The summed E-state index contributed by atoms with van der Waals surface area (Å²) in [5.74, 6) is 2.25. The summed E-state index contributed by atoms with van der Waals surface area (Å²) < 4.78 is 5.59. The summed E-state index contributed by atoms with van der Waals surface area (Å²) in [7, 11) is 0. The van der Waals surface area contributed by atoms with E-state index < -0.39 is 0 Å². The summed E-state index contributed by atoms with van der Waals surface area (Å²) in [5, 5.41) is 0. The van der Waals surface area contributed by atoms with Crippen LogP contribution in [0.2, 0.25) is 0 Å². The Kier molecular flexibility index (Phi) is 4.54. The molecule has 1 fully saturated rings. The summed E-state index contributed by atoms with van der Waals surface area (Å²) in [6, 6.07) is 0.348. The van der Waals surface area contributed by atoms with E-state index >= 15 is 0 Å². The molecule has 1 rings (SSSR count). The second-order valence-electron chi connectivity index (χ2n) is 4.64. The van der Waals surface area contributed by atoms with Crippen molar-refractivity contribution in [2.45, 2.75) is 46.1 Å². The van der Waals surface area contributed by atoms with Crippen LogP contribution in [0.3, 0.4) is 0 Å². The molecule has 0 heterocycles. The summed E-state index contributed by atoms with van der Waals surface area (Å²) >= 11 is 5.63. The van der Waals surface area contributed by atoms with Crippen molar-refractivity contribution < 1.29 is 4.74 Å². The molecule has 0 aromatic rings. The molecule has 1 aliphatic rings. The van der Waals surface area contributed by atoms with Crippen LogP contribution >= 0.6 is 11.6 Å². The van der Waals surface area contributed by atoms with Crippen molar-refractivity contribution in [2.24, 2.45) is 17.8 Å². The van der Waals surface area contributed by atoms with Gasteiger partial charge in [-0.2, -0.15) is 0 Å². The van der Waals surface area contributed by atoms with Gasteiger partial charge in [-0.3, -0.25) is 0 Å². The van der Waals surface area contributed by atoms with Crippen LogP contribution in [0.5, 0.6) is 0 Å². The Morgan fingerprint density at radius 2 is 2.08 bits per heavy atom. The van der Waals surface area contributed by atoms with Gasteiger partial charge in [0.05, 0.1) is 6.10 Å². The minimum absolute atomic E-state index is 0.348. The van der Waals surface area contributed by atoms with E-state index in [9.17, 15) is 0 Å². The molecule has 0 aromatic heterocycles. The second-order valence-corrected chi connectivity index (χ2v) is 4.86. The number of hydrogen-bond acceptors (Lipinski definition) is 1. The molecule has 0 saturated heterocycles. The van der Waals surface area contributed by atoms with Crippen molar-refractivity contribution in [3.8, 4) is 0 Å². The lowest BCUT2D eigenvalue weighted by atomic mass is 9.75. The monoisotopic (exact) mass is 204 g/mol. The van der Waals surface area contributed by atoms with E-state index in [1.165, 1.54) is 19.3 Å². The minimum atomic E-state index is 0.348. The quantitative estimate of drug-likeness (QED) is 0.638. The van der Waals surface area contributed by atoms with Crippen LogP contribution in [0, 0.1) is 17.8 Å². The van der Waals surface area contributed by atoms with Crippen molar-refractivity contribution in [2.75, 3.05) is 6.07 Å². The van der Waals surface area contributed by atoms with Crippen molar-refractivity contribution in [3.63, 3.8) is 0 Å². The highest BCUT2D eigenvalue weighted by Gasteiger charge is 2.30. The zero-order valence-electron chi connectivity index (χ0n) is 8.92. The maximum atomic E-state index is 5.63. The van der Waals surface area contributed by atoms with Crippen LogP contribution in [0.1, 0.15) is 40.0 Å². The van der Waals surface area contributed by atoms with E-state index in [0.717, 1.165) is 17.8 Å². The molecule has 0 bridgehead atoms. The zero-order valence-corrected chi connectivity index (χ0v) is 9.68. The highest BCUT2D eigenvalue weighted by molar-refractivity contribution is 6.17. The van der Waals surface area contributed by atoms with Gasteiger partial charge in [-0.25, -0.2) is 0 Å². The van der Waals surface area contributed by atoms with Crippen molar-refractivity contribution in [1.82, 2.24) is 0 Å². The van der Waals surface area contributed by atoms with Crippen LogP contribution in [-0.4, -0.2) is 12.2 Å². The van der Waals surface area contributed by atoms with Crippen molar-refractivity contribution >= 4 is 11.6 Å². The van der Waals surface area contributed by atoms with Crippen molar-refractivity contribution in [3.05, 3.63) is 0 Å². The molecule has 78 valence electrons. The van der Waals surface area contributed by atoms with Gasteiger partial charge in [0.15, 0.2) is 0 Å². The summed E-state index contributed by atoms with van der Waals surface area (Å²) in [6.07, 6.45) is 4.25. The molecule has 1 nitrogen and oxygen atoms in total. The third kappa shape index (κ3) is 3.14. The van der Waals surface area contributed by atoms with E-state index in [-0.39, 0.29) is 0 Å². The fourth-order valence-corrected chi connectivity index (χ4v) is 2.55. The molecular formula is C11H21ClO. The molecule has 0 radical (unpaired) electrons. The Labute approximate surface area is 86.8 Å². The zero-order chi connectivity index (χ0) is 9.84. The Balaban J connectivity index is 2.50. The van der Waals surface area contributed by atoms with Crippen LogP contribution in [0.4, 0.5) is 0 Å². The average molecular weight is 205 g/mol. The van der Waals surface area contributed by atoms with Crippen LogP contribution in [0.25, 0.3) is 0 Å².